The molecule has 1 amide bonds. The van der Waals surface area contributed by atoms with Crippen molar-refractivity contribution in [3.8, 4) is 5.75 Å². The predicted octanol–water partition coefficient (Wildman–Crippen LogP) is 3.03. The Morgan fingerprint density at radius 2 is 1.91 bits per heavy atom. The smallest absolute Gasteiger partial charge is 0.407 e. The molecule has 22 heavy (non-hydrogen) atoms. The van der Waals surface area contributed by atoms with Crippen molar-refractivity contribution < 1.29 is 14.6 Å². The molecule has 0 radical (unpaired) electrons. The van der Waals surface area contributed by atoms with E-state index in [-0.39, 0.29) is 11.8 Å². The molecule has 0 saturated carbocycles. The zero-order valence-corrected chi connectivity index (χ0v) is 14.1. The van der Waals surface area contributed by atoms with Gasteiger partial charge in [-0.05, 0) is 32.8 Å². The van der Waals surface area contributed by atoms with Crippen LogP contribution in [0.15, 0.2) is 24.3 Å². The summed E-state index contributed by atoms with van der Waals surface area (Å²) in [5.74, 6) is 0.610. The highest BCUT2D eigenvalue weighted by Gasteiger charge is 2.19. The van der Waals surface area contributed by atoms with E-state index in [0.29, 0.717) is 19.0 Å². The Morgan fingerprint density at radius 3 is 2.45 bits per heavy atom. The third-order valence-corrected chi connectivity index (χ3v) is 3.22. The van der Waals surface area contributed by atoms with Gasteiger partial charge in [0.05, 0.1) is 0 Å². The molecule has 0 aliphatic heterocycles. The van der Waals surface area contributed by atoms with Gasteiger partial charge in [-0.2, -0.15) is 0 Å². The Morgan fingerprint density at radius 1 is 1.27 bits per heavy atom. The molecule has 124 valence electrons. The lowest BCUT2D eigenvalue weighted by atomic mass is 10.0. The maximum Gasteiger partial charge on any atom is 0.407 e. The van der Waals surface area contributed by atoms with Gasteiger partial charge in [0.15, 0.2) is 0 Å². The van der Waals surface area contributed by atoms with E-state index in [9.17, 15) is 9.90 Å². The van der Waals surface area contributed by atoms with Crippen LogP contribution in [0.4, 0.5) is 4.79 Å². The second kappa shape index (κ2) is 8.03. The number of phenols is 1. The number of para-hydroxylation sites is 1. The van der Waals surface area contributed by atoms with Gasteiger partial charge in [-0.3, -0.25) is 0 Å². The van der Waals surface area contributed by atoms with Gasteiger partial charge in [-0.15, -0.1) is 0 Å². The minimum atomic E-state index is -0.499. The molecule has 0 aliphatic carbocycles. The normalized spacial score (nSPS) is 13.0. The molecular weight excluding hydrogens is 280 g/mol. The number of alkyl carbamates (subject to hydrolysis) is 1. The van der Waals surface area contributed by atoms with E-state index in [1.165, 1.54) is 0 Å². The van der Waals surface area contributed by atoms with Gasteiger partial charge in [0.2, 0.25) is 0 Å². The number of nitrogens with one attached hydrogen (secondary N) is 2. The molecule has 1 rings (SSSR count). The molecule has 1 aromatic carbocycles. The van der Waals surface area contributed by atoms with E-state index in [1.807, 2.05) is 32.9 Å². The first-order chi connectivity index (χ1) is 10.2. The Labute approximate surface area is 133 Å². The number of aromatic hydroxyl groups is 1. The van der Waals surface area contributed by atoms with Gasteiger partial charge < -0.3 is 20.5 Å². The number of carbonyl (C=O) groups is 1. The van der Waals surface area contributed by atoms with Gasteiger partial charge in [0, 0.05) is 24.7 Å². The lowest BCUT2D eigenvalue weighted by Crippen LogP contribution is -2.45. The Bertz CT molecular complexity index is 481. The summed E-state index contributed by atoms with van der Waals surface area (Å²) in [6.45, 7) is 10.7. The highest BCUT2D eigenvalue weighted by molar-refractivity contribution is 5.67. The molecule has 0 heterocycles. The van der Waals surface area contributed by atoms with Gasteiger partial charge >= 0.3 is 6.09 Å². The summed E-state index contributed by atoms with van der Waals surface area (Å²) in [6.07, 6.45) is -0.414. The maximum absolute atomic E-state index is 11.7. The first kappa shape index (κ1) is 18.3. The van der Waals surface area contributed by atoms with Gasteiger partial charge in [0.25, 0.3) is 0 Å². The van der Waals surface area contributed by atoms with Crippen molar-refractivity contribution >= 4 is 6.09 Å². The van der Waals surface area contributed by atoms with Crippen LogP contribution in [-0.2, 0) is 11.3 Å². The zero-order chi connectivity index (χ0) is 16.8. The van der Waals surface area contributed by atoms with Crippen LogP contribution < -0.4 is 10.6 Å². The molecule has 0 aromatic heterocycles. The summed E-state index contributed by atoms with van der Waals surface area (Å²) in [6, 6.07) is 7.32. The number of hydrogen-bond donors (Lipinski definition) is 3. The summed E-state index contributed by atoms with van der Waals surface area (Å²) < 4.78 is 5.23. The van der Waals surface area contributed by atoms with Gasteiger partial charge in [-0.1, -0.05) is 32.0 Å². The lowest BCUT2D eigenvalue weighted by Gasteiger charge is -2.25. The van der Waals surface area contributed by atoms with E-state index >= 15 is 0 Å². The third-order valence-electron chi connectivity index (χ3n) is 3.22. The summed E-state index contributed by atoms with van der Waals surface area (Å²) in [4.78, 5) is 11.7. The van der Waals surface area contributed by atoms with E-state index in [0.717, 1.165) is 5.56 Å². The van der Waals surface area contributed by atoms with Crippen LogP contribution in [0, 0.1) is 5.92 Å². The highest BCUT2D eigenvalue weighted by Crippen LogP contribution is 2.15. The number of carbonyl (C=O) groups excluding carboxylic acids is 1. The quantitative estimate of drug-likeness (QED) is 0.755. The molecule has 5 nitrogen and oxygen atoms in total. The maximum atomic E-state index is 11.7. The van der Waals surface area contributed by atoms with E-state index < -0.39 is 11.7 Å². The second-order valence-electron chi connectivity index (χ2n) is 6.74. The first-order valence-electron chi connectivity index (χ1n) is 7.66. The van der Waals surface area contributed by atoms with Crippen LogP contribution in [0.2, 0.25) is 0 Å². The number of hydrogen-bond acceptors (Lipinski definition) is 4. The Balaban J connectivity index is 2.49. The minimum Gasteiger partial charge on any atom is -0.508 e. The number of ether oxygens (including phenoxy) is 1. The van der Waals surface area contributed by atoms with E-state index in [4.69, 9.17) is 4.74 Å². The van der Waals surface area contributed by atoms with Crippen molar-refractivity contribution in [3.63, 3.8) is 0 Å². The van der Waals surface area contributed by atoms with E-state index in [2.05, 4.69) is 24.5 Å². The topological polar surface area (TPSA) is 70.6 Å². The molecule has 1 unspecified atom stereocenters. The first-order valence-corrected chi connectivity index (χ1v) is 7.66. The Kier molecular flexibility index (Phi) is 6.68. The van der Waals surface area contributed by atoms with Crippen molar-refractivity contribution in [2.75, 3.05) is 6.54 Å². The number of benzene rings is 1. The summed E-state index contributed by atoms with van der Waals surface area (Å²) in [7, 11) is 0. The second-order valence-corrected chi connectivity index (χ2v) is 6.74. The van der Waals surface area contributed by atoms with Crippen LogP contribution >= 0.6 is 0 Å². The summed E-state index contributed by atoms with van der Waals surface area (Å²) in [5.41, 5.74) is 0.339. The molecule has 0 bridgehead atoms. The summed E-state index contributed by atoms with van der Waals surface area (Å²) >= 11 is 0. The molecule has 0 aliphatic rings. The largest absolute Gasteiger partial charge is 0.508 e. The fourth-order valence-corrected chi connectivity index (χ4v) is 1.95. The van der Waals surface area contributed by atoms with Crippen molar-refractivity contribution in [2.24, 2.45) is 5.92 Å². The van der Waals surface area contributed by atoms with Crippen molar-refractivity contribution in [1.82, 2.24) is 10.6 Å². The molecule has 1 aromatic rings. The van der Waals surface area contributed by atoms with Crippen LogP contribution in [0.25, 0.3) is 0 Å². The standard InChI is InChI=1S/C17H28N2O3/c1-12(2)14(11-19-16(21)22-17(3,4)5)18-10-13-8-6-7-9-15(13)20/h6-9,12,14,18,20H,10-11H2,1-5H3,(H,19,21). The molecule has 3 N–H and O–H groups in total. The average molecular weight is 308 g/mol. The predicted molar refractivity (Wildman–Crippen MR) is 87.8 cm³/mol. The number of phenolic OH excluding ortho intramolecular Hbond substituents is 1. The van der Waals surface area contributed by atoms with Gasteiger partial charge in [-0.25, -0.2) is 4.79 Å². The van der Waals surface area contributed by atoms with Crippen LogP contribution in [0.3, 0.4) is 0 Å². The van der Waals surface area contributed by atoms with Gasteiger partial charge in [0.1, 0.15) is 11.4 Å². The molecule has 0 fully saturated rings. The lowest BCUT2D eigenvalue weighted by molar-refractivity contribution is 0.0519. The van der Waals surface area contributed by atoms with Crippen LogP contribution in [0.5, 0.6) is 5.75 Å². The molecule has 0 saturated heterocycles. The van der Waals surface area contributed by atoms with Crippen molar-refractivity contribution in [3.05, 3.63) is 29.8 Å². The monoisotopic (exact) mass is 308 g/mol. The zero-order valence-electron chi connectivity index (χ0n) is 14.1. The Hall–Kier alpha value is -1.75. The van der Waals surface area contributed by atoms with E-state index in [1.54, 1.807) is 12.1 Å². The fraction of sp³-hybridized carbons (Fsp3) is 0.588. The molecule has 5 heteroatoms. The SMILES string of the molecule is CC(C)C(CNC(=O)OC(C)(C)C)NCc1ccccc1O. The third kappa shape index (κ3) is 6.80. The minimum absolute atomic E-state index is 0.0899. The molecule has 1 atom stereocenters. The molecule has 0 spiro atoms. The fourth-order valence-electron chi connectivity index (χ4n) is 1.95. The van der Waals surface area contributed by atoms with Crippen molar-refractivity contribution in [2.45, 2.75) is 52.8 Å². The number of rotatable bonds is 6. The van der Waals surface area contributed by atoms with Crippen molar-refractivity contribution in [1.29, 1.82) is 0 Å². The average Bonchev–Trinajstić information content (AvgIpc) is 2.38. The van der Waals surface area contributed by atoms with Crippen LogP contribution in [0.1, 0.15) is 40.2 Å². The molecular formula is C17H28N2O3. The number of amides is 1. The summed E-state index contributed by atoms with van der Waals surface area (Å²) in [5, 5.41) is 15.9. The highest BCUT2D eigenvalue weighted by atomic mass is 16.6. The van der Waals surface area contributed by atoms with Crippen LogP contribution in [-0.4, -0.2) is 29.4 Å².